The Bertz CT molecular complexity index is 667. The van der Waals surface area contributed by atoms with E-state index in [0.717, 1.165) is 10.5 Å². The fourth-order valence-electron chi connectivity index (χ4n) is 1.87. The van der Waals surface area contributed by atoms with Crippen LogP contribution in [0.2, 0.25) is 0 Å². The van der Waals surface area contributed by atoms with Crippen molar-refractivity contribution in [1.82, 2.24) is 0 Å². The lowest BCUT2D eigenvalue weighted by Gasteiger charge is -2.09. The minimum atomic E-state index is -1.16. The molecule has 0 aliphatic carbocycles. The maximum absolute atomic E-state index is 12.1. The summed E-state index contributed by atoms with van der Waals surface area (Å²) in [6.07, 6.45) is 0. The van der Waals surface area contributed by atoms with Gasteiger partial charge in [-0.1, -0.05) is 24.3 Å². The normalized spacial score (nSPS) is 11.9. The molecule has 0 bridgehead atoms. The number of carboxylic acids is 1. The van der Waals surface area contributed by atoms with Gasteiger partial charge >= 0.3 is 5.97 Å². The third kappa shape index (κ3) is 4.16. The quantitative estimate of drug-likeness (QED) is 0.891. The van der Waals surface area contributed by atoms with E-state index in [1.54, 1.807) is 18.2 Å². The van der Waals surface area contributed by atoms with Crippen LogP contribution in [0, 0.1) is 6.92 Å². The molecule has 0 aromatic heterocycles. The van der Waals surface area contributed by atoms with Crippen molar-refractivity contribution in [3.63, 3.8) is 0 Å². The number of hydrogen-bond donors (Lipinski definition) is 1. The Kier molecular flexibility index (Phi) is 5.11. The fourth-order valence-corrected chi connectivity index (χ4v) is 2.89. The highest BCUT2D eigenvalue weighted by Crippen LogP contribution is 2.18. The Morgan fingerprint density at radius 1 is 1.19 bits per heavy atom. The van der Waals surface area contributed by atoms with Crippen LogP contribution in [0.1, 0.15) is 15.9 Å². The fraction of sp³-hybridized carbons (Fsp3) is 0.188. The van der Waals surface area contributed by atoms with Gasteiger partial charge in [-0.25, -0.2) is 4.79 Å². The molecule has 1 N–H and O–H groups in total. The SMILES string of the molecule is Cc1cccc(S(=O)CCOc2ccccc2C(=O)O)c1. The summed E-state index contributed by atoms with van der Waals surface area (Å²) in [4.78, 5) is 11.8. The van der Waals surface area contributed by atoms with Crippen LogP contribution in [0.5, 0.6) is 5.75 Å². The number of para-hydroxylation sites is 1. The van der Waals surface area contributed by atoms with E-state index in [9.17, 15) is 9.00 Å². The van der Waals surface area contributed by atoms with E-state index in [-0.39, 0.29) is 12.2 Å². The highest BCUT2D eigenvalue weighted by Gasteiger charge is 2.11. The van der Waals surface area contributed by atoms with E-state index in [2.05, 4.69) is 0 Å². The Hall–Kier alpha value is -2.14. The lowest BCUT2D eigenvalue weighted by atomic mass is 10.2. The van der Waals surface area contributed by atoms with Crippen molar-refractivity contribution in [1.29, 1.82) is 0 Å². The van der Waals surface area contributed by atoms with Crippen LogP contribution in [0.25, 0.3) is 0 Å². The van der Waals surface area contributed by atoms with Gasteiger partial charge in [0.15, 0.2) is 0 Å². The van der Waals surface area contributed by atoms with Crippen molar-refractivity contribution in [2.75, 3.05) is 12.4 Å². The second-order valence-electron chi connectivity index (χ2n) is 4.52. The zero-order valence-corrected chi connectivity index (χ0v) is 12.4. The van der Waals surface area contributed by atoms with E-state index < -0.39 is 16.8 Å². The third-order valence-corrected chi connectivity index (χ3v) is 4.21. The first kappa shape index (κ1) is 15.3. The largest absolute Gasteiger partial charge is 0.492 e. The van der Waals surface area contributed by atoms with E-state index in [4.69, 9.17) is 9.84 Å². The Morgan fingerprint density at radius 2 is 1.95 bits per heavy atom. The Labute approximate surface area is 125 Å². The van der Waals surface area contributed by atoms with Crippen LogP contribution in [0.15, 0.2) is 53.4 Å². The molecule has 110 valence electrons. The number of aryl methyl sites for hydroxylation is 1. The molecule has 1 atom stereocenters. The zero-order chi connectivity index (χ0) is 15.2. The summed E-state index contributed by atoms with van der Waals surface area (Å²) in [6.45, 7) is 2.14. The summed E-state index contributed by atoms with van der Waals surface area (Å²) in [5, 5.41) is 9.04. The second kappa shape index (κ2) is 7.04. The molecule has 21 heavy (non-hydrogen) atoms. The number of hydrogen-bond acceptors (Lipinski definition) is 3. The number of carbonyl (C=O) groups is 1. The van der Waals surface area contributed by atoms with Gasteiger partial charge in [-0.2, -0.15) is 0 Å². The van der Waals surface area contributed by atoms with Gasteiger partial charge in [0, 0.05) is 4.90 Å². The molecule has 0 heterocycles. The Balaban J connectivity index is 1.96. The van der Waals surface area contributed by atoms with Gasteiger partial charge in [0.1, 0.15) is 17.9 Å². The monoisotopic (exact) mass is 304 g/mol. The lowest BCUT2D eigenvalue weighted by molar-refractivity contribution is 0.0692. The van der Waals surface area contributed by atoms with Crippen molar-refractivity contribution in [2.24, 2.45) is 0 Å². The molecule has 1 unspecified atom stereocenters. The molecule has 2 aromatic carbocycles. The summed E-state index contributed by atoms with van der Waals surface area (Å²) in [5.74, 6) is -0.422. The maximum atomic E-state index is 12.1. The molecule has 0 aliphatic heterocycles. The van der Waals surface area contributed by atoms with Crippen molar-refractivity contribution < 1.29 is 18.8 Å². The Morgan fingerprint density at radius 3 is 2.67 bits per heavy atom. The average Bonchev–Trinajstić information content (AvgIpc) is 2.47. The minimum Gasteiger partial charge on any atom is -0.492 e. The third-order valence-electron chi connectivity index (χ3n) is 2.90. The summed E-state index contributed by atoms with van der Waals surface area (Å²) in [6, 6.07) is 13.9. The predicted molar refractivity (Wildman–Crippen MR) is 81.4 cm³/mol. The first-order valence-corrected chi connectivity index (χ1v) is 7.80. The summed E-state index contributed by atoms with van der Waals surface area (Å²) in [7, 11) is -1.16. The molecule has 2 rings (SSSR count). The number of ether oxygens (including phenoxy) is 1. The van der Waals surface area contributed by atoms with Gasteiger partial charge in [0.05, 0.1) is 16.6 Å². The van der Waals surface area contributed by atoms with Gasteiger partial charge in [0.25, 0.3) is 0 Å². The van der Waals surface area contributed by atoms with E-state index in [1.165, 1.54) is 6.07 Å². The van der Waals surface area contributed by atoms with Gasteiger partial charge in [-0.05, 0) is 36.8 Å². The van der Waals surface area contributed by atoms with E-state index in [0.29, 0.717) is 11.5 Å². The maximum Gasteiger partial charge on any atom is 0.339 e. The number of benzene rings is 2. The lowest BCUT2D eigenvalue weighted by Crippen LogP contribution is -2.11. The number of carboxylic acid groups (broad SMARTS) is 1. The molecule has 2 aromatic rings. The summed E-state index contributed by atoms with van der Waals surface area (Å²) >= 11 is 0. The smallest absolute Gasteiger partial charge is 0.339 e. The predicted octanol–water partition coefficient (Wildman–Crippen LogP) is 2.88. The second-order valence-corrected chi connectivity index (χ2v) is 6.09. The van der Waals surface area contributed by atoms with Crippen molar-refractivity contribution >= 4 is 16.8 Å². The van der Waals surface area contributed by atoms with Crippen molar-refractivity contribution in [3.8, 4) is 5.75 Å². The number of rotatable bonds is 6. The first-order valence-electron chi connectivity index (χ1n) is 6.48. The molecule has 0 radical (unpaired) electrons. The minimum absolute atomic E-state index is 0.110. The molecule has 5 heteroatoms. The van der Waals surface area contributed by atoms with E-state index >= 15 is 0 Å². The van der Waals surface area contributed by atoms with Crippen LogP contribution in [0.3, 0.4) is 0 Å². The average molecular weight is 304 g/mol. The molecule has 0 spiro atoms. The summed E-state index contributed by atoms with van der Waals surface area (Å²) < 4.78 is 17.6. The van der Waals surface area contributed by atoms with Crippen LogP contribution >= 0.6 is 0 Å². The molecule has 0 saturated carbocycles. The highest BCUT2D eigenvalue weighted by atomic mass is 32.2. The molecule has 0 aliphatic rings. The van der Waals surface area contributed by atoms with Crippen LogP contribution in [-0.2, 0) is 10.8 Å². The van der Waals surface area contributed by atoms with Gasteiger partial charge < -0.3 is 9.84 Å². The first-order chi connectivity index (χ1) is 10.1. The van der Waals surface area contributed by atoms with Crippen LogP contribution in [-0.4, -0.2) is 27.6 Å². The zero-order valence-electron chi connectivity index (χ0n) is 11.6. The van der Waals surface area contributed by atoms with Crippen molar-refractivity contribution in [3.05, 3.63) is 59.7 Å². The van der Waals surface area contributed by atoms with Gasteiger partial charge in [-0.15, -0.1) is 0 Å². The molecule has 4 nitrogen and oxygen atoms in total. The number of aromatic carboxylic acids is 1. The molecular formula is C16H16O4S. The highest BCUT2D eigenvalue weighted by molar-refractivity contribution is 7.85. The standard InChI is InChI=1S/C16H16O4S/c1-12-5-4-6-13(11-12)21(19)10-9-20-15-8-3-2-7-14(15)16(17)18/h2-8,11H,9-10H2,1H3,(H,17,18). The van der Waals surface area contributed by atoms with Gasteiger partial charge in [0.2, 0.25) is 0 Å². The molecular weight excluding hydrogens is 288 g/mol. The van der Waals surface area contributed by atoms with E-state index in [1.807, 2.05) is 31.2 Å². The van der Waals surface area contributed by atoms with Crippen LogP contribution in [0.4, 0.5) is 0 Å². The summed E-state index contributed by atoms with van der Waals surface area (Å²) in [5.41, 5.74) is 1.16. The van der Waals surface area contributed by atoms with Crippen molar-refractivity contribution in [2.45, 2.75) is 11.8 Å². The molecule has 0 amide bonds. The van der Waals surface area contributed by atoms with Crippen LogP contribution < -0.4 is 4.74 Å². The van der Waals surface area contributed by atoms with Gasteiger partial charge in [-0.3, -0.25) is 4.21 Å². The topological polar surface area (TPSA) is 63.6 Å². The molecule has 0 fully saturated rings. The molecule has 0 saturated heterocycles.